The summed E-state index contributed by atoms with van der Waals surface area (Å²) < 4.78 is 0. The molecular formula is C17H31N3OS. The summed E-state index contributed by atoms with van der Waals surface area (Å²) in [6, 6.07) is 0.416. The second kappa shape index (κ2) is 8.70. The van der Waals surface area contributed by atoms with Crippen LogP contribution in [0.4, 0.5) is 0 Å². The largest absolute Gasteiger partial charge is 0.358 e. The molecule has 0 aromatic carbocycles. The van der Waals surface area contributed by atoms with E-state index in [1.165, 1.54) is 38.5 Å². The lowest BCUT2D eigenvalue weighted by Gasteiger charge is -2.35. The average Bonchev–Trinajstić information content (AvgIpc) is 3.01. The number of nitrogens with one attached hydrogen (secondary N) is 3. The molecule has 2 fully saturated rings. The molecule has 3 atom stereocenters. The van der Waals surface area contributed by atoms with E-state index in [4.69, 9.17) is 12.2 Å². The summed E-state index contributed by atoms with van der Waals surface area (Å²) in [6.45, 7) is 4.59. The van der Waals surface area contributed by atoms with E-state index in [1.807, 2.05) is 0 Å². The van der Waals surface area contributed by atoms with Crippen LogP contribution in [-0.2, 0) is 4.79 Å². The van der Waals surface area contributed by atoms with Crippen molar-refractivity contribution in [2.45, 2.75) is 77.7 Å². The zero-order valence-electron chi connectivity index (χ0n) is 14.0. The molecule has 0 heterocycles. The molecule has 4 nitrogen and oxygen atoms in total. The van der Waals surface area contributed by atoms with Gasteiger partial charge in [-0.25, -0.2) is 0 Å². The van der Waals surface area contributed by atoms with Crippen molar-refractivity contribution < 1.29 is 4.79 Å². The highest BCUT2D eigenvalue weighted by molar-refractivity contribution is 7.80. The third-order valence-electron chi connectivity index (χ3n) is 5.59. The van der Waals surface area contributed by atoms with Crippen LogP contribution < -0.4 is 16.2 Å². The monoisotopic (exact) mass is 325 g/mol. The zero-order valence-corrected chi connectivity index (χ0v) is 14.8. The van der Waals surface area contributed by atoms with Gasteiger partial charge in [0.15, 0.2) is 5.11 Å². The highest BCUT2D eigenvalue weighted by Crippen LogP contribution is 2.29. The van der Waals surface area contributed by atoms with Crippen LogP contribution in [0.1, 0.15) is 71.6 Å². The number of hydrazine groups is 1. The molecule has 0 bridgehead atoms. The van der Waals surface area contributed by atoms with E-state index in [1.54, 1.807) is 0 Å². The number of carbonyl (C=O) groups excluding carboxylic acids is 1. The van der Waals surface area contributed by atoms with Gasteiger partial charge >= 0.3 is 0 Å². The topological polar surface area (TPSA) is 53.2 Å². The van der Waals surface area contributed by atoms with E-state index >= 15 is 0 Å². The van der Waals surface area contributed by atoms with Crippen molar-refractivity contribution in [1.29, 1.82) is 0 Å². The van der Waals surface area contributed by atoms with Crippen LogP contribution in [0.15, 0.2) is 0 Å². The van der Waals surface area contributed by atoms with Gasteiger partial charge in [-0.05, 0) is 42.8 Å². The van der Waals surface area contributed by atoms with Gasteiger partial charge in [0.2, 0.25) is 5.91 Å². The summed E-state index contributed by atoms with van der Waals surface area (Å²) in [7, 11) is 0. The summed E-state index contributed by atoms with van der Waals surface area (Å²) >= 11 is 5.30. The van der Waals surface area contributed by atoms with Crippen molar-refractivity contribution in [3.05, 3.63) is 0 Å². The van der Waals surface area contributed by atoms with Crippen LogP contribution in [0.25, 0.3) is 0 Å². The molecule has 22 heavy (non-hydrogen) atoms. The summed E-state index contributed by atoms with van der Waals surface area (Å²) in [4.78, 5) is 11.9. The first-order valence-electron chi connectivity index (χ1n) is 8.91. The van der Waals surface area contributed by atoms with Crippen LogP contribution in [0.2, 0.25) is 0 Å². The lowest BCUT2D eigenvalue weighted by Crippen LogP contribution is -2.52. The Morgan fingerprint density at radius 2 is 1.77 bits per heavy atom. The van der Waals surface area contributed by atoms with Crippen LogP contribution in [0.5, 0.6) is 0 Å². The molecule has 2 aliphatic rings. The van der Waals surface area contributed by atoms with E-state index in [9.17, 15) is 4.79 Å². The number of thiocarbonyl (C=S) groups is 1. The first-order valence-corrected chi connectivity index (χ1v) is 9.32. The van der Waals surface area contributed by atoms with E-state index in [0.29, 0.717) is 23.5 Å². The highest BCUT2D eigenvalue weighted by atomic mass is 32.1. The lowest BCUT2D eigenvalue weighted by atomic mass is 9.78. The maximum atomic E-state index is 11.9. The Hall–Kier alpha value is -0.840. The second-order valence-electron chi connectivity index (χ2n) is 7.21. The quantitative estimate of drug-likeness (QED) is 0.548. The van der Waals surface area contributed by atoms with E-state index < -0.39 is 0 Å². The fourth-order valence-corrected chi connectivity index (χ4v) is 4.02. The number of amides is 1. The maximum absolute atomic E-state index is 11.9. The maximum Gasteiger partial charge on any atom is 0.238 e. The Morgan fingerprint density at radius 3 is 2.50 bits per heavy atom. The minimum absolute atomic E-state index is 0.0427. The minimum Gasteiger partial charge on any atom is -0.358 e. The van der Waals surface area contributed by atoms with Gasteiger partial charge in [0.1, 0.15) is 0 Å². The van der Waals surface area contributed by atoms with Gasteiger partial charge in [-0.1, -0.05) is 52.4 Å². The van der Waals surface area contributed by atoms with E-state index in [2.05, 4.69) is 30.0 Å². The average molecular weight is 326 g/mol. The molecule has 0 saturated heterocycles. The fraction of sp³-hybridized carbons (Fsp3) is 0.882. The number of rotatable bonds is 4. The SMILES string of the molecule is C[C@@H]1[C@H](C)CCC[C@@H]1NC(=S)NNC(=O)CCC1CCCC1. The normalized spacial score (nSPS) is 29.1. The Kier molecular flexibility index (Phi) is 6.93. The first kappa shape index (κ1) is 17.5. The Labute approximate surface area is 140 Å². The molecule has 2 rings (SSSR count). The second-order valence-corrected chi connectivity index (χ2v) is 7.62. The smallest absolute Gasteiger partial charge is 0.238 e. The molecule has 0 aromatic rings. The molecule has 126 valence electrons. The Morgan fingerprint density at radius 1 is 1.05 bits per heavy atom. The third-order valence-corrected chi connectivity index (χ3v) is 5.81. The molecule has 0 aliphatic heterocycles. The summed E-state index contributed by atoms with van der Waals surface area (Å²) in [6.07, 6.45) is 10.5. The van der Waals surface area contributed by atoms with Gasteiger partial charge < -0.3 is 5.32 Å². The fourth-order valence-electron chi connectivity index (χ4n) is 3.81. The third kappa shape index (κ3) is 5.41. The zero-order chi connectivity index (χ0) is 15.9. The van der Waals surface area contributed by atoms with Crippen molar-refractivity contribution >= 4 is 23.2 Å². The van der Waals surface area contributed by atoms with E-state index in [-0.39, 0.29) is 5.91 Å². The predicted molar refractivity (Wildman–Crippen MR) is 94.2 cm³/mol. The Bertz CT molecular complexity index is 382. The summed E-state index contributed by atoms with van der Waals surface area (Å²) in [5.74, 6) is 2.14. The molecule has 5 heteroatoms. The molecule has 0 unspecified atom stereocenters. The van der Waals surface area contributed by atoms with Crippen LogP contribution in [0.3, 0.4) is 0 Å². The molecule has 3 N–H and O–H groups in total. The van der Waals surface area contributed by atoms with Crippen molar-refractivity contribution in [3.8, 4) is 0 Å². The molecule has 2 saturated carbocycles. The van der Waals surface area contributed by atoms with Crippen molar-refractivity contribution in [2.75, 3.05) is 0 Å². The van der Waals surface area contributed by atoms with Crippen LogP contribution in [-0.4, -0.2) is 17.1 Å². The van der Waals surface area contributed by atoms with E-state index in [0.717, 1.165) is 24.7 Å². The van der Waals surface area contributed by atoms with Gasteiger partial charge in [-0.2, -0.15) is 0 Å². The Balaban J connectivity index is 1.61. The lowest BCUT2D eigenvalue weighted by molar-refractivity contribution is -0.121. The van der Waals surface area contributed by atoms with Gasteiger partial charge in [0.25, 0.3) is 0 Å². The molecule has 0 radical (unpaired) electrons. The molecule has 0 spiro atoms. The van der Waals surface area contributed by atoms with Crippen molar-refractivity contribution in [1.82, 2.24) is 16.2 Å². The van der Waals surface area contributed by atoms with Crippen molar-refractivity contribution in [2.24, 2.45) is 17.8 Å². The van der Waals surface area contributed by atoms with Crippen LogP contribution >= 0.6 is 12.2 Å². The first-order chi connectivity index (χ1) is 10.6. The predicted octanol–water partition coefficient (Wildman–Crippen LogP) is 3.28. The molecular weight excluding hydrogens is 294 g/mol. The number of hydrogen-bond donors (Lipinski definition) is 3. The van der Waals surface area contributed by atoms with Crippen molar-refractivity contribution in [3.63, 3.8) is 0 Å². The number of hydrogen-bond acceptors (Lipinski definition) is 2. The summed E-state index contributed by atoms with van der Waals surface area (Å²) in [5.41, 5.74) is 5.59. The van der Waals surface area contributed by atoms with Gasteiger partial charge in [-0.3, -0.25) is 15.6 Å². The van der Waals surface area contributed by atoms with Gasteiger partial charge in [0.05, 0.1) is 0 Å². The molecule has 1 amide bonds. The molecule has 0 aromatic heterocycles. The highest BCUT2D eigenvalue weighted by Gasteiger charge is 2.27. The summed E-state index contributed by atoms with van der Waals surface area (Å²) in [5, 5.41) is 3.90. The molecule has 2 aliphatic carbocycles. The van der Waals surface area contributed by atoms with Gasteiger partial charge in [-0.15, -0.1) is 0 Å². The number of carbonyl (C=O) groups is 1. The standard InChI is InChI=1S/C17H31N3OS/c1-12-6-5-9-15(13(12)2)18-17(22)20-19-16(21)11-10-14-7-3-4-8-14/h12-15H,3-11H2,1-2H3,(H,19,21)(H2,18,20,22)/t12-,13-,15+/m1/s1. The minimum atomic E-state index is 0.0427. The van der Waals surface area contributed by atoms with Crippen LogP contribution in [0, 0.1) is 17.8 Å². The van der Waals surface area contributed by atoms with Gasteiger partial charge in [0, 0.05) is 12.5 Å².